The topological polar surface area (TPSA) is 61.8 Å². The van der Waals surface area contributed by atoms with Crippen molar-refractivity contribution >= 4 is 5.97 Å². The largest absolute Gasteiger partial charge is 0.480 e. The molecular weight excluding hydrogens is 208 g/mol. The molecule has 5 nitrogen and oxygen atoms in total. The van der Waals surface area contributed by atoms with Crippen molar-refractivity contribution in [1.29, 1.82) is 0 Å². The fourth-order valence-electron chi connectivity index (χ4n) is 2.61. The van der Waals surface area contributed by atoms with Crippen molar-refractivity contribution in [2.75, 3.05) is 39.4 Å². The van der Waals surface area contributed by atoms with E-state index in [1.54, 1.807) is 0 Å². The molecule has 2 rings (SSSR count). The molecule has 92 valence electrons. The van der Waals surface area contributed by atoms with Gasteiger partial charge in [-0.15, -0.1) is 0 Å². The minimum Gasteiger partial charge on any atom is -0.480 e. The van der Waals surface area contributed by atoms with Crippen LogP contribution in [0.25, 0.3) is 0 Å². The van der Waals surface area contributed by atoms with Gasteiger partial charge in [0.1, 0.15) is 5.54 Å². The number of carboxylic acid groups (broad SMARTS) is 1. The molecule has 2 aliphatic rings. The van der Waals surface area contributed by atoms with Crippen molar-refractivity contribution in [3.05, 3.63) is 0 Å². The lowest BCUT2D eigenvalue weighted by molar-refractivity contribution is -0.161. The summed E-state index contributed by atoms with van der Waals surface area (Å²) in [5.41, 5.74) is -0.774. The van der Waals surface area contributed by atoms with Crippen LogP contribution >= 0.6 is 0 Å². The number of carbonyl (C=O) groups is 1. The maximum atomic E-state index is 11.5. The Hall–Kier alpha value is -0.650. The zero-order valence-electron chi connectivity index (χ0n) is 9.57. The molecule has 5 heteroatoms. The first-order chi connectivity index (χ1) is 7.76. The van der Waals surface area contributed by atoms with E-state index < -0.39 is 11.5 Å². The third-order valence-corrected chi connectivity index (χ3v) is 3.56. The molecule has 2 N–H and O–H groups in total. The summed E-state index contributed by atoms with van der Waals surface area (Å²) >= 11 is 0. The highest BCUT2D eigenvalue weighted by molar-refractivity contribution is 5.79. The highest BCUT2D eigenvalue weighted by atomic mass is 16.5. The van der Waals surface area contributed by atoms with Gasteiger partial charge in [0.15, 0.2) is 0 Å². The van der Waals surface area contributed by atoms with Crippen LogP contribution in [0.15, 0.2) is 0 Å². The molecule has 0 spiro atoms. The van der Waals surface area contributed by atoms with Crippen LogP contribution in [0.3, 0.4) is 0 Å². The summed E-state index contributed by atoms with van der Waals surface area (Å²) in [6.07, 6.45) is 2.56. The standard InChI is InChI=1S/C11H20N2O3/c14-10(15)11(3-1-8-16-9-11)13-6-2-4-12-5-7-13/h12H,1-9H2,(H,14,15). The van der Waals surface area contributed by atoms with Gasteiger partial charge in [-0.2, -0.15) is 0 Å². The van der Waals surface area contributed by atoms with Crippen LogP contribution < -0.4 is 5.32 Å². The van der Waals surface area contributed by atoms with Crippen molar-refractivity contribution in [3.63, 3.8) is 0 Å². The molecule has 2 saturated heterocycles. The van der Waals surface area contributed by atoms with Crippen LogP contribution in [0, 0.1) is 0 Å². The number of aliphatic carboxylic acids is 1. The first-order valence-electron chi connectivity index (χ1n) is 6.03. The van der Waals surface area contributed by atoms with Gasteiger partial charge in [-0.1, -0.05) is 0 Å². The van der Waals surface area contributed by atoms with Crippen LogP contribution in [0.5, 0.6) is 0 Å². The SMILES string of the molecule is O=C(O)C1(N2CCCNCC2)CCCOC1. The average Bonchev–Trinajstić information content (AvgIpc) is 2.58. The van der Waals surface area contributed by atoms with Crippen LogP contribution in [0.1, 0.15) is 19.3 Å². The Labute approximate surface area is 95.8 Å². The normalized spacial score (nSPS) is 33.2. The molecule has 2 fully saturated rings. The second-order valence-corrected chi connectivity index (χ2v) is 4.58. The van der Waals surface area contributed by atoms with Crippen LogP contribution in [-0.4, -0.2) is 60.9 Å². The molecule has 0 aromatic rings. The zero-order chi connectivity index (χ0) is 11.4. The maximum Gasteiger partial charge on any atom is 0.326 e. The molecule has 16 heavy (non-hydrogen) atoms. The maximum absolute atomic E-state index is 11.5. The Morgan fingerprint density at radius 2 is 2.19 bits per heavy atom. The van der Waals surface area contributed by atoms with E-state index in [1.165, 1.54) is 0 Å². The van der Waals surface area contributed by atoms with Crippen LogP contribution in [0.2, 0.25) is 0 Å². The van der Waals surface area contributed by atoms with Crippen molar-refractivity contribution < 1.29 is 14.6 Å². The zero-order valence-corrected chi connectivity index (χ0v) is 9.57. The second kappa shape index (κ2) is 5.12. The van der Waals surface area contributed by atoms with E-state index in [2.05, 4.69) is 10.2 Å². The molecule has 0 aliphatic carbocycles. The quantitative estimate of drug-likeness (QED) is 0.692. The summed E-state index contributed by atoms with van der Waals surface area (Å²) in [6.45, 7) is 4.53. The van der Waals surface area contributed by atoms with Gasteiger partial charge in [0.05, 0.1) is 6.61 Å². The molecule has 2 aliphatic heterocycles. The van der Waals surface area contributed by atoms with Gasteiger partial charge < -0.3 is 15.2 Å². The predicted octanol–water partition coefficient (Wildman–Crippen LogP) is -0.0845. The predicted molar refractivity (Wildman–Crippen MR) is 59.5 cm³/mol. The summed E-state index contributed by atoms with van der Waals surface area (Å²) in [4.78, 5) is 13.6. The van der Waals surface area contributed by atoms with Gasteiger partial charge in [0.25, 0.3) is 0 Å². The van der Waals surface area contributed by atoms with Gasteiger partial charge in [0.2, 0.25) is 0 Å². The average molecular weight is 228 g/mol. The third kappa shape index (κ3) is 2.21. The fourth-order valence-corrected chi connectivity index (χ4v) is 2.61. The van der Waals surface area contributed by atoms with E-state index in [0.29, 0.717) is 19.6 Å². The highest BCUT2D eigenvalue weighted by Gasteiger charge is 2.45. The summed E-state index contributed by atoms with van der Waals surface area (Å²) in [5, 5.41) is 12.8. The van der Waals surface area contributed by atoms with Gasteiger partial charge in [-0.05, 0) is 25.8 Å². The fraction of sp³-hybridized carbons (Fsp3) is 0.909. The molecular formula is C11H20N2O3. The Bertz CT molecular complexity index is 244. The molecule has 0 radical (unpaired) electrons. The Morgan fingerprint density at radius 1 is 1.31 bits per heavy atom. The summed E-state index contributed by atoms with van der Waals surface area (Å²) in [7, 11) is 0. The summed E-state index contributed by atoms with van der Waals surface area (Å²) in [5.74, 6) is -0.728. The number of hydrogen-bond acceptors (Lipinski definition) is 4. The van der Waals surface area contributed by atoms with E-state index in [9.17, 15) is 9.90 Å². The van der Waals surface area contributed by atoms with E-state index >= 15 is 0 Å². The molecule has 1 atom stereocenters. The van der Waals surface area contributed by atoms with Gasteiger partial charge >= 0.3 is 5.97 Å². The molecule has 0 bridgehead atoms. The molecule has 2 heterocycles. The van der Waals surface area contributed by atoms with Crippen LogP contribution in [0.4, 0.5) is 0 Å². The third-order valence-electron chi connectivity index (χ3n) is 3.56. The Balaban J connectivity index is 2.12. The monoisotopic (exact) mass is 228 g/mol. The summed E-state index contributed by atoms with van der Waals surface area (Å²) < 4.78 is 5.40. The van der Waals surface area contributed by atoms with Gasteiger partial charge in [0, 0.05) is 26.2 Å². The number of nitrogens with one attached hydrogen (secondary N) is 1. The first kappa shape index (κ1) is 11.8. The molecule has 0 aromatic carbocycles. The number of rotatable bonds is 2. The molecule has 1 unspecified atom stereocenters. The first-order valence-corrected chi connectivity index (χ1v) is 6.03. The number of carboxylic acids is 1. The van der Waals surface area contributed by atoms with Crippen molar-refractivity contribution in [2.24, 2.45) is 0 Å². The van der Waals surface area contributed by atoms with Crippen LogP contribution in [-0.2, 0) is 9.53 Å². The number of hydrogen-bond donors (Lipinski definition) is 2. The summed E-state index contributed by atoms with van der Waals surface area (Å²) in [6, 6.07) is 0. The highest BCUT2D eigenvalue weighted by Crippen LogP contribution is 2.27. The smallest absolute Gasteiger partial charge is 0.326 e. The van der Waals surface area contributed by atoms with Crippen molar-refractivity contribution in [3.8, 4) is 0 Å². The van der Waals surface area contributed by atoms with Gasteiger partial charge in [-0.25, -0.2) is 0 Å². The molecule has 0 aromatic heterocycles. The second-order valence-electron chi connectivity index (χ2n) is 4.58. The van der Waals surface area contributed by atoms with E-state index in [-0.39, 0.29) is 0 Å². The van der Waals surface area contributed by atoms with E-state index in [1.807, 2.05) is 0 Å². The molecule has 0 amide bonds. The lowest BCUT2D eigenvalue weighted by atomic mass is 9.90. The lowest BCUT2D eigenvalue weighted by Gasteiger charge is -2.42. The minimum absolute atomic E-state index is 0.336. The van der Waals surface area contributed by atoms with E-state index in [4.69, 9.17) is 4.74 Å². The van der Waals surface area contributed by atoms with Gasteiger partial charge in [-0.3, -0.25) is 9.69 Å². The number of nitrogens with zero attached hydrogens (tertiary/aromatic N) is 1. The molecule has 0 saturated carbocycles. The minimum atomic E-state index is -0.774. The van der Waals surface area contributed by atoms with Crippen molar-refractivity contribution in [1.82, 2.24) is 10.2 Å². The number of ether oxygens (including phenoxy) is 1. The Morgan fingerprint density at radius 3 is 2.88 bits per heavy atom. The van der Waals surface area contributed by atoms with E-state index in [0.717, 1.165) is 39.0 Å². The lowest BCUT2D eigenvalue weighted by Crippen LogP contribution is -2.60. The Kier molecular flexibility index (Phi) is 3.78. The van der Waals surface area contributed by atoms with Crippen molar-refractivity contribution in [2.45, 2.75) is 24.8 Å².